The number of amides is 3. The molecule has 9 heteroatoms. The molecule has 0 saturated carbocycles. The van der Waals surface area contributed by atoms with Gasteiger partial charge in [0.05, 0.1) is 12.3 Å². The van der Waals surface area contributed by atoms with E-state index < -0.39 is 6.04 Å². The minimum atomic E-state index is -0.583. The van der Waals surface area contributed by atoms with Gasteiger partial charge in [0, 0.05) is 41.5 Å². The molecule has 0 aliphatic carbocycles. The largest absolute Gasteiger partial charge is 0.331 e. The zero-order valence-electron chi connectivity index (χ0n) is 18.0. The van der Waals surface area contributed by atoms with Crippen LogP contribution >= 0.6 is 23.2 Å². The Kier molecular flexibility index (Phi) is 7.30. The van der Waals surface area contributed by atoms with Crippen molar-refractivity contribution in [1.82, 2.24) is 9.91 Å². The third kappa shape index (κ3) is 5.72. The van der Waals surface area contributed by atoms with Gasteiger partial charge in [-0.05, 0) is 36.6 Å². The van der Waals surface area contributed by atoms with Crippen molar-refractivity contribution in [3.8, 4) is 0 Å². The van der Waals surface area contributed by atoms with Crippen LogP contribution in [0.4, 0.5) is 5.69 Å². The molecule has 0 radical (unpaired) electrons. The number of carbonyl (C=O) groups excluding carboxylic acids is 3. The number of nitrogens with one attached hydrogen (secondary N) is 1. The fourth-order valence-corrected chi connectivity index (χ4v) is 4.67. The first-order valence-electron chi connectivity index (χ1n) is 10.9. The predicted molar refractivity (Wildman–Crippen MR) is 128 cm³/mol. The molecule has 1 saturated heterocycles. The van der Waals surface area contributed by atoms with E-state index in [0.717, 1.165) is 17.7 Å². The normalized spacial score (nSPS) is 17.8. The number of hydrogen-bond donors (Lipinski definition) is 1. The highest BCUT2D eigenvalue weighted by molar-refractivity contribution is 6.35. The number of likely N-dealkylation sites (tertiary alicyclic amines) is 1. The van der Waals surface area contributed by atoms with Crippen LogP contribution in [0.2, 0.25) is 10.0 Å². The van der Waals surface area contributed by atoms with Crippen LogP contribution < -0.4 is 5.32 Å². The number of benzene rings is 2. The topological polar surface area (TPSA) is 82.1 Å². The number of carbonyl (C=O) groups is 3. The van der Waals surface area contributed by atoms with Crippen molar-refractivity contribution in [2.45, 2.75) is 38.1 Å². The van der Waals surface area contributed by atoms with Crippen LogP contribution in [0.3, 0.4) is 0 Å². The summed E-state index contributed by atoms with van der Waals surface area (Å²) in [6.07, 6.45) is 2.07. The number of hydrazone groups is 1. The number of halogens is 2. The summed E-state index contributed by atoms with van der Waals surface area (Å²) >= 11 is 12.0. The van der Waals surface area contributed by atoms with E-state index in [1.807, 2.05) is 30.3 Å². The maximum absolute atomic E-state index is 12.8. The molecule has 0 unspecified atom stereocenters. The van der Waals surface area contributed by atoms with Crippen LogP contribution in [0.1, 0.15) is 37.7 Å². The number of hydrogen-bond acceptors (Lipinski definition) is 4. The fraction of sp³-hybridized carbons (Fsp3) is 0.333. The number of anilines is 1. The van der Waals surface area contributed by atoms with Gasteiger partial charge in [-0.25, -0.2) is 5.01 Å². The Morgan fingerprint density at radius 2 is 1.67 bits per heavy atom. The Bertz CT molecular complexity index is 1070. The van der Waals surface area contributed by atoms with E-state index in [2.05, 4.69) is 10.4 Å². The Morgan fingerprint density at radius 1 is 0.970 bits per heavy atom. The molecule has 7 nitrogen and oxygen atoms in total. The highest BCUT2D eigenvalue weighted by Gasteiger charge is 2.34. The lowest BCUT2D eigenvalue weighted by atomic mass is 10.1. The van der Waals surface area contributed by atoms with E-state index in [9.17, 15) is 14.4 Å². The van der Waals surface area contributed by atoms with Gasteiger partial charge in [-0.2, -0.15) is 5.10 Å². The summed E-state index contributed by atoms with van der Waals surface area (Å²) in [4.78, 5) is 39.8. The van der Waals surface area contributed by atoms with Crippen molar-refractivity contribution in [2.75, 3.05) is 18.4 Å². The maximum atomic E-state index is 12.8. The van der Waals surface area contributed by atoms with Gasteiger partial charge in [-0.3, -0.25) is 14.4 Å². The van der Waals surface area contributed by atoms with Crippen LogP contribution in [0.5, 0.6) is 0 Å². The molecular weight excluding hydrogens is 463 g/mol. The molecule has 0 aromatic heterocycles. The standard InChI is InChI=1S/C24H24Cl2N4O3/c25-17-13-18(26)15-19(14-17)27-24(33)21-7-4-11-29(21)22(31)8-9-23(32)30-12-10-20(28-30)16-5-2-1-3-6-16/h1-3,5-6,13-15,21H,4,7-12H2,(H,27,33)/t21-/m0/s1. The molecule has 2 aliphatic heterocycles. The van der Waals surface area contributed by atoms with Crippen molar-refractivity contribution >= 4 is 52.3 Å². The van der Waals surface area contributed by atoms with Gasteiger partial charge in [0.2, 0.25) is 17.7 Å². The Labute approximate surface area is 202 Å². The van der Waals surface area contributed by atoms with Crippen molar-refractivity contribution in [2.24, 2.45) is 5.10 Å². The van der Waals surface area contributed by atoms with Gasteiger partial charge in [0.15, 0.2) is 0 Å². The molecule has 1 N–H and O–H groups in total. The monoisotopic (exact) mass is 486 g/mol. The summed E-state index contributed by atoms with van der Waals surface area (Å²) in [5.41, 5.74) is 2.34. The first kappa shape index (κ1) is 23.3. The van der Waals surface area contributed by atoms with Crippen molar-refractivity contribution in [1.29, 1.82) is 0 Å². The van der Waals surface area contributed by atoms with Crippen LogP contribution in [-0.2, 0) is 14.4 Å². The van der Waals surface area contributed by atoms with E-state index in [-0.39, 0.29) is 30.6 Å². The molecule has 4 rings (SSSR count). The lowest BCUT2D eigenvalue weighted by molar-refractivity contribution is -0.139. The first-order chi connectivity index (χ1) is 15.9. The summed E-state index contributed by atoms with van der Waals surface area (Å²) < 4.78 is 0. The molecule has 3 amide bonds. The van der Waals surface area contributed by atoms with Crippen molar-refractivity contribution < 1.29 is 14.4 Å². The second-order valence-electron chi connectivity index (χ2n) is 8.07. The van der Waals surface area contributed by atoms with Gasteiger partial charge in [0.1, 0.15) is 6.04 Å². The third-order valence-electron chi connectivity index (χ3n) is 5.76. The number of rotatable bonds is 6. The van der Waals surface area contributed by atoms with Crippen LogP contribution in [-0.4, -0.2) is 52.5 Å². The quantitative estimate of drug-likeness (QED) is 0.658. The van der Waals surface area contributed by atoms with Crippen molar-refractivity contribution in [3.05, 3.63) is 64.1 Å². The van der Waals surface area contributed by atoms with Gasteiger partial charge < -0.3 is 10.2 Å². The highest BCUT2D eigenvalue weighted by Crippen LogP contribution is 2.25. The average molecular weight is 487 g/mol. The molecule has 1 fully saturated rings. The van der Waals surface area contributed by atoms with E-state index in [1.165, 1.54) is 5.01 Å². The Morgan fingerprint density at radius 3 is 2.39 bits per heavy atom. The van der Waals surface area contributed by atoms with Gasteiger partial charge in [0.25, 0.3) is 0 Å². The maximum Gasteiger partial charge on any atom is 0.247 e. The molecule has 33 heavy (non-hydrogen) atoms. The number of nitrogens with zero attached hydrogens (tertiary/aromatic N) is 3. The summed E-state index contributed by atoms with van der Waals surface area (Å²) in [6, 6.07) is 13.9. The lowest BCUT2D eigenvalue weighted by Crippen LogP contribution is -2.43. The van der Waals surface area contributed by atoms with E-state index in [4.69, 9.17) is 23.2 Å². The SMILES string of the molecule is O=C(Nc1cc(Cl)cc(Cl)c1)[C@@H]1CCCN1C(=O)CCC(=O)N1CCC(c2ccccc2)=N1. The summed E-state index contributed by atoms with van der Waals surface area (Å²) in [7, 11) is 0. The van der Waals surface area contributed by atoms with E-state index in [1.54, 1.807) is 23.1 Å². The van der Waals surface area contributed by atoms with E-state index in [0.29, 0.717) is 41.7 Å². The molecule has 0 bridgehead atoms. The smallest absolute Gasteiger partial charge is 0.247 e. The molecule has 2 aliphatic rings. The van der Waals surface area contributed by atoms with Crippen LogP contribution in [0, 0.1) is 0 Å². The predicted octanol–water partition coefficient (Wildman–Crippen LogP) is 4.34. The van der Waals surface area contributed by atoms with Crippen molar-refractivity contribution in [3.63, 3.8) is 0 Å². The van der Waals surface area contributed by atoms with Crippen LogP contribution in [0.15, 0.2) is 53.6 Å². The summed E-state index contributed by atoms with van der Waals surface area (Å²) in [5, 5.41) is 9.48. The molecule has 2 aromatic rings. The second-order valence-corrected chi connectivity index (χ2v) is 8.95. The Balaban J connectivity index is 1.32. The highest BCUT2D eigenvalue weighted by atomic mass is 35.5. The van der Waals surface area contributed by atoms with Crippen LogP contribution in [0.25, 0.3) is 0 Å². The molecule has 2 aromatic carbocycles. The minimum absolute atomic E-state index is 0.0400. The lowest BCUT2D eigenvalue weighted by Gasteiger charge is -2.24. The molecule has 2 heterocycles. The molecule has 0 spiro atoms. The average Bonchev–Trinajstić information content (AvgIpc) is 3.47. The Hall–Kier alpha value is -2.90. The minimum Gasteiger partial charge on any atom is -0.331 e. The zero-order valence-corrected chi connectivity index (χ0v) is 19.5. The third-order valence-corrected chi connectivity index (χ3v) is 6.19. The summed E-state index contributed by atoms with van der Waals surface area (Å²) in [5.74, 6) is -0.693. The van der Waals surface area contributed by atoms with Gasteiger partial charge in [-0.1, -0.05) is 53.5 Å². The molecule has 1 atom stereocenters. The summed E-state index contributed by atoms with van der Waals surface area (Å²) in [6.45, 7) is 0.996. The van der Waals surface area contributed by atoms with E-state index >= 15 is 0 Å². The fourth-order valence-electron chi connectivity index (χ4n) is 4.15. The van der Waals surface area contributed by atoms with Gasteiger partial charge in [-0.15, -0.1) is 0 Å². The zero-order chi connectivity index (χ0) is 23.4. The van der Waals surface area contributed by atoms with Gasteiger partial charge >= 0.3 is 0 Å². The molecular formula is C24H24Cl2N4O3. The molecule has 172 valence electrons. The second kappa shape index (κ2) is 10.4. The first-order valence-corrected chi connectivity index (χ1v) is 11.7.